The third kappa shape index (κ3) is 4.31. The van der Waals surface area contributed by atoms with Crippen LogP contribution in [0, 0.1) is 6.92 Å². The van der Waals surface area contributed by atoms with Crippen LogP contribution in [0.5, 0.6) is 5.75 Å². The smallest absolute Gasteiger partial charge is 0.171 e. The second kappa shape index (κ2) is 7.04. The fraction of sp³-hybridized carbons (Fsp3) is 0.381. The van der Waals surface area contributed by atoms with Gasteiger partial charge in [0.2, 0.25) is 0 Å². The molecule has 0 radical (unpaired) electrons. The summed E-state index contributed by atoms with van der Waals surface area (Å²) in [7, 11) is 0. The van der Waals surface area contributed by atoms with Crippen LogP contribution in [0.2, 0.25) is 0 Å². The minimum absolute atomic E-state index is 0.133. The first kappa shape index (κ1) is 17.7. The minimum atomic E-state index is -0.224. The number of ether oxygens (including phenoxy) is 1. The Morgan fingerprint density at radius 3 is 2.60 bits per heavy atom. The molecule has 2 aromatic rings. The van der Waals surface area contributed by atoms with Gasteiger partial charge >= 0.3 is 0 Å². The van der Waals surface area contributed by atoms with Gasteiger partial charge in [-0.25, -0.2) is 0 Å². The lowest BCUT2D eigenvalue weighted by molar-refractivity contribution is 0.0696. The summed E-state index contributed by atoms with van der Waals surface area (Å²) in [5.74, 6) is 0.939. The molecule has 4 heteroatoms. The van der Waals surface area contributed by atoms with E-state index in [1.54, 1.807) is 0 Å². The van der Waals surface area contributed by atoms with E-state index >= 15 is 0 Å². The number of hydrogen-bond acceptors (Lipinski definition) is 2. The van der Waals surface area contributed by atoms with Crippen LogP contribution in [0.4, 0.5) is 5.69 Å². The van der Waals surface area contributed by atoms with Gasteiger partial charge in [-0.15, -0.1) is 0 Å². The van der Waals surface area contributed by atoms with E-state index in [2.05, 4.69) is 80.8 Å². The molecule has 0 bridgehead atoms. The summed E-state index contributed by atoms with van der Waals surface area (Å²) in [6, 6.07) is 14.8. The van der Waals surface area contributed by atoms with E-state index < -0.39 is 0 Å². The molecule has 1 aliphatic rings. The Hall–Kier alpha value is -2.07. The van der Waals surface area contributed by atoms with E-state index in [0.29, 0.717) is 5.11 Å². The Morgan fingerprint density at radius 1 is 1.20 bits per heavy atom. The van der Waals surface area contributed by atoms with Gasteiger partial charge in [0.1, 0.15) is 11.4 Å². The van der Waals surface area contributed by atoms with Gasteiger partial charge in [-0.2, -0.15) is 0 Å². The third-order valence-corrected chi connectivity index (χ3v) is 4.77. The van der Waals surface area contributed by atoms with Crippen molar-refractivity contribution in [2.24, 2.45) is 0 Å². The van der Waals surface area contributed by atoms with Gasteiger partial charge in [0.05, 0.1) is 6.04 Å². The van der Waals surface area contributed by atoms with Crippen LogP contribution in [0.25, 0.3) is 0 Å². The Kier molecular flexibility index (Phi) is 5.00. The first-order chi connectivity index (χ1) is 11.9. The number of thiocarbonyl (C=S) groups is 1. The van der Waals surface area contributed by atoms with Crippen molar-refractivity contribution in [2.75, 3.05) is 5.32 Å². The average molecular weight is 355 g/mol. The lowest BCUT2D eigenvalue weighted by Crippen LogP contribution is -2.42. The normalized spacial score (nSPS) is 18.0. The predicted octanol–water partition coefficient (Wildman–Crippen LogP) is 5.15. The number of anilines is 1. The molecule has 1 unspecified atom stereocenters. The summed E-state index contributed by atoms with van der Waals surface area (Å²) in [6.45, 7) is 8.48. The largest absolute Gasteiger partial charge is 0.487 e. The molecule has 0 spiro atoms. The van der Waals surface area contributed by atoms with Crippen molar-refractivity contribution in [1.82, 2.24) is 5.32 Å². The molecule has 1 heterocycles. The lowest BCUT2D eigenvalue weighted by Gasteiger charge is -2.38. The highest BCUT2D eigenvalue weighted by Gasteiger charge is 2.34. The molecule has 3 nitrogen and oxygen atoms in total. The van der Waals surface area contributed by atoms with Gasteiger partial charge in [-0.05, 0) is 63.2 Å². The Labute approximate surface area is 155 Å². The van der Waals surface area contributed by atoms with Gasteiger partial charge in [-0.1, -0.05) is 36.8 Å². The molecule has 0 fully saturated rings. The van der Waals surface area contributed by atoms with Gasteiger partial charge in [0.15, 0.2) is 5.11 Å². The van der Waals surface area contributed by atoms with Crippen LogP contribution in [-0.4, -0.2) is 10.7 Å². The number of rotatable bonds is 3. The second-order valence-electron chi connectivity index (χ2n) is 7.31. The van der Waals surface area contributed by atoms with Crippen molar-refractivity contribution in [3.05, 3.63) is 59.2 Å². The number of aryl methyl sites for hydroxylation is 2. The first-order valence-corrected chi connectivity index (χ1v) is 9.23. The summed E-state index contributed by atoms with van der Waals surface area (Å²) in [5.41, 5.74) is 4.50. The van der Waals surface area contributed by atoms with Crippen LogP contribution >= 0.6 is 12.2 Å². The number of hydrogen-bond donors (Lipinski definition) is 2. The maximum absolute atomic E-state index is 6.13. The molecule has 0 aliphatic carbocycles. The third-order valence-electron chi connectivity index (χ3n) is 4.55. The topological polar surface area (TPSA) is 33.3 Å². The monoisotopic (exact) mass is 354 g/mol. The van der Waals surface area contributed by atoms with Gasteiger partial charge in [-0.3, -0.25) is 0 Å². The van der Waals surface area contributed by atoms with Crippen molar-refractivity contribution < 1.29 is 4.74 Å². The van der Waals surface area contributed by atoms with E-state index in [1.165, 1.54) is 16.7 Å². The fourth-order valence-electron chi connectivity index (χ4n) is 3.25. The molecule has 0 saturated heterocycles. The molecule has 1 atom stereocenters. The summed E-state index contributed by atoms with van der Waals surface area (Å²) in [5, 5.41) is 7.41. The summed E-state index contributed by atoms with van der Waals surface area (Å²) in [6.07, 6.45) is 1.90. The minimum Gasteiger partial charge on any atom is -0.487 e. The maximum Gasteiger partial charge on any atom is 0.171 e. The van der Waals surface area contributed by atoms with E-state index in [4.69, 9.17) is 17.0 Å². The molecule has 0 aromatic heterocycles. The highest BCUT2D eigenvalue weighted by molar-refractivity contribution is 7.80. The predicted molar refractivity (Wildman–Crippen MR) is 108 cm³/mol. The van der Waals surface area contributed by atoms with E-state index in [9.17, 15) is 0 Å². The molecular weight excluding hydrogens is 328 g/mol. The molecule has 3 rings (SSSR count). The molecule has 0 amide bonds. The van der Waals surface area contributed by atoms with Crippen molar-refractivity contribution >= 4 is 23.0 Å². The van der Waals surface area contributed by atoms with E-state index in [1.807, 2.05) is 0 Å². The Morgan fingerprint density at radius 2 is 1.92 bits per heavy atom. The number of nitrogens with one attached hydrogen (secondary N) is 2. The van der Waals surface area contributed by atoms with Crippen molar-refractivity contribution in [1.29, 1.82) is 0 Å². The zero-order chi connectivity index (χ0) is 18.0. The number of benzene rings is 2. The quantitative estimate of drug-likeness (QED) is 0.747. The summed E-state index contributed by atoms with van der Waals surface area (Å²) < 4.78 is 6.13. The van der Waals surface area contributed by atoms with Gasteiger partial charge in [0, 0.05) is 17.7 Å². The van der Waals surface area contributed by atoms with Crippen molar-refractivity contribution in [3.8, 4) is 5.75 Å². The summed E-state index contributed by atoms with van der Waals surface area (Å²) >= 11 is 5.55. The second-order valence-corrected chi connectivity index (χ2v) is 7.72. The van der Waals surface area contributed by atoms with Gasteiger partial charge in [0.25, 0.3) is 0 Å². The first-order valence-electron chi connectivity index (χ1n) is 8.82. The van der Waals surface area contributed by atoms with Crippen LogP contribution < -0.4 is 15.4 Å². The van der Waals surface area contributed by atoms with Crippen molar-refractivity contribution in [2.45, 2.75) is 52.2 Å². The molecule has 25 heavy (non-hydrogen) atoms. The molecule has 132 valence electrons. The molecule has 2 N–H and O–H groups in total. The average Bonchev–Trinajstić information content (AvgIpc) is 2.55. The summed E-state index contributed by atoms with van der Waals surface area (Å²) in [4.78, 5) is 0. The van der Waals surface area contributed by atoms with Crippen LogP contribution in [0.1, 0.15) is 49.9 Å². The SMILES string of the molecule is CCc1ccc(NC(=S)NC2CC(C)(C)Oc3ccc(C)cc32)cc1. The molecule has 0 saturated carbocycles. The zero-order valence-electron chi connectivity index (χ0n) is 15.3. The highest BCUT2D eigenvalue weighted by Crippen LogP contribution is 2.39. The van der Waals surface area contributed by atoms with E-state index in [0.717, 1.165) is 24.3 Å². The lowest BCUT2D eigenvalue weighted by atomic mass is 9.89. The van der Waals surface area contributed by atoms with Crippen LogP contribution in [0.3, 0.4) is 0 Å². The Bertz CT molecular complexity index is 768. The zero-order valence-corrected chi connectivity index (χ0v) is 16.2. The standard InChI is InChI=1S/C21H26N2OS/c1-5-15-7-9-16(10-8-15)22-20(25)23-18-13-21(3,4)24-19-11-6-14(2)12-17(18)19/h6-12,18H,5,13H2,1-4H3,(H2,22,23,25). The Balaban J connectivity index is 1.74. The van der Waals surface area contributed by atoms with Gasteiger partial charge < -0.3 is 15.4 Å². The molecule has 1 aliphatic heterocycles. The number of fused-ring (bicyclic) bond motifs is 1. The maximum atomic E-state index is 6.13. The van der Waals surface area contributed by atoms with E-state index in [-0.39, 0.29) is 11.6 Å². The van der Waals surface area contributed by atoms with Crippen LogP contribution in [-0.2, 0) is 6.42 Å². The fourth-order valence-corrected chi connectivity index (χ4v) is 3.51. The van der Waals surface area contributed by atoms with Crippen LogP contribution in [0.15, 0.2) is 42.5 Å². The molecular formula is C21H26N2OS. The highest BCUT2D eigenvalue weighted by atomic mass is 32.1. The van der Waals surface area contributed by atoms with Crippen molar-refractivity contribution in [3.63, 3.8) is 0 Å². The molecule has 2 aromatic carbocycles.